The molecule has 0 saturated carbocycles. The van der Waals surface area contributed by atoms with E-state index in [1.807, 2.05) is 19.1 Å². The molecule has 0 aromatic heterocycles. The van der Waals surface area contributed by atoms with Crippen molar-refractivity contribution >= 4 is 63.2 Å². The second kappa shape index (κ2) is 10.00. The average Bonchev–Trinajstić information content (AvgIpc) is 2.83. The van der Waals surface area contributed by atoms with Gasteiger partial charge in [-0.05, 0) is 77.4 Å². The first-order valence-electron chi connectivity index (χ1n) is 10.4. The number of hydrogen-bond acceptors (Lipinski definition) is 3. The molecule has 0 spiro atoms. The number of para-hydroxylation sites is 1. The van der Waals surface area contributed by atoms with Crippen molar-refractivity contribution in [2.24, 2.45) is 0 Å². The van der Waals surface area contributed by atoms with Crippen LogP contribution >= 0.6 is 23.2 Å². The zero-order valence-corrected chi connectivity index (χ0v) is 19.6. The van der Waals surface area contributed by atoms with Crippen molar-refractivity contribution in [1.82, 2.24) is 0 Å². The minimum Gasteiger partial charge on any atom is -0.508 e. The fourth-order valence-corrected chi connectivity index (χ4v) is 3.84. The second-order valence-electron chi connectivity index (χ2n) is 7.63. The number of fused-ring (bicyclic) bond motifs is 1. The number of aryl methyl sites for hydroxylation is 1. The SMILES string of the molecule is Cc1c(O)ccc2cc(C(=O)Nc3ccccc3C=CC(=O)Nc3cc(Cl)ccc3Cl)ccc12. The maximum absolute atomic E-state index is 12.9. The molecule has 0 heterocycles. The van der Waals surface area contributed by atoms with Crippen molar-refractivity contribution in [1.29, 1.82) is 0 Å². The third-order valence-electron chi connectivity index (χ3n) is 5.33. The van der Waals surface area contributed by atoms with Crippen LogP contribution in [0.25, 0.3) is 16.8 Å². The van der Waals surface area contributed by atoms with Gasteiger partial charge in [0.2, 0.25) is 5.91 Å². The van der Waals surface area contributed by atoms with Gasteiger partial charge in [-0.15, -0.1) is 0 Å². The van der Waals surface area contributed by atoms with E-state index in [0.29, 0.717) is 32.5 Å². The number of carbonyl (C=O) groups excluding carboxylic acids is 2. The van der Waals surface area contributed by atoms with E-state index in [1.54, 1.807) is 66.7 Å². The number of halogens is 2. The van der Waals surface area contributed by atoms with Crippen molar-refractivity contribution < 1.29 is 14.7 Å². The Morgan fingerprint density at radius 3 is 2.50 bits per heavy atom. The molecule has 0 bridgehead atoms. The standard InChI is InChI=1S/C27H20Cl2N2O3/c1-16-21-10-6-19(14-18(21)7-12-25(16)32)27(34)31-23-5-3-2-4-17(23)8-13-26(33)30-24-15-20(28)9-11-22(24)29/h2-15,32H,1H3,(H,30,33)(H,31,34). The highest BCUT2D eigenvalue weighted by Gasteiger charge is 2.11. The number of anilines is 2. The van der Waals surface area contributed by atoms with Gasteiger partial charge in [0.25, 0.3) is 5.91 Å². The van der Waals surface area contributed by atoms with Gasteiger partial charge in [0, 0.05) is 22.3 Å². The summed E-state index contributed by atoms with van der Waals surface area (Å²) in [5, 5.41) is 18.0. The van der Waals surface area contributed by atoms with Crippen LogP contribution in [0, 0.1) is 6.92 Å². The predicted octanol–water partition coefficient (Wildman–Crippen LogP) is 7.06. The van der Waals surface area contributed by atoms with Gasteiger partial charge < -0.3 is 15.7 Å². The first kappa shape index (κ1) is 23.4. The Morgan fingerprint density at radius 1 is 0.882 bits per heavy atom. The molecule has 0 fully saturated rings. The number of aromatic hydroxyl groups is 1. The Kier molecular flexibility index (Phi) is 6.87. The van der Waals surface area contributed by atoms with E-state index in [-0.39, 0.29) is 11.7 Å². The van der Waals surface area contributed by atoms with Gasteiger partial charge in [0.05, 0.1) is 10.7 Å². The summed E-state index contributed by atoms with van der Waals surface area (Å²) in [6.07, 6.45) is 2.96. The number of carbonyl (C=O) groups is 2. The summed E-state index contributed by atoms with van der Waals surface area (Å²) >= 11 is 12.1. The first-order valence-corrected chi connectivity index (χ1v) is 11.1. The van der Waals surface area contributed by atoms with Crippen LogP contribution in [0.2, 0.25) is 10.0 Å². The molecule has 170 valence electrons. The van der Waals surface area contributed by atoms with Crippen LogP contribution in [-0.2, 0) is 4.79 Å². The van der Waals surface area contributed by atoms with Crippen LogP contribution in [0.5, 0.6) is 5.75 Å². The number of benzene rings is 4. The highest BCUT2D eigenvalue weighted by atomic mass is 35.5. The minimum absolute atomic E-state index is 0.215. The third-order valence-corrected chi connectivity index (χ3v) is 5.90. The molecule has 4 aromatic carbocycles. The van der Waals surface area contributed by atoms with Crippen LogP contribution in [0.4, 0.5) is 11.4 Å². The quantitative estimate of drug-likeness (QED) is 0.262. The topological polar surface area (TPSA) is 78.4 Å². The highest BCUT2D eigenvalue weighted by Crippen LogP contribution is 2.28. The monoisotopic (exact) mass is 490 g/mol. The van der Waals surface area contributed by atoms with Gasteiger partial charge in [-0.2, -0.15) is 0 Å². The molecule has 0 radical (unpaired) electrons. The fourth-order valence-electron chi connectivity index (χ4n) is 3.50. The molecule has 0 saturated heterocycles. The number of phenolic OH excluding ortho intramolecular Hbond substituents is 1. The molecule has 0 unspecified atom stereocenters. The zero-order valence-electron chi connectivity index (χ0n) is 18.1. The van der Waals surface area contributed by atoms with Crippen LogP contribution in [-0.4, -0.2) is 16.9 Å². The maximum Gasteiger partial charge on any atom is 0.255 e. The number of nitrogens with one attached hydrogen (secondary N) is 2. The van der Waals surface area contributed by atoms with Crippen molar-refractivity contribution in [3.63, 3.8) is 0 Å². The van der Waals surface area contributed by atoms with E-state index in [1.165, 1.54) is 6.08 Å². The minimum atomic E-state index is -0.390. The molecule has 34 heavy (non-hydrogen) atoms. The molecule has 0 aliphatic rings. The van der Waals surface area contributed by atoms with E-state index in [0.717, 1.165) is 16.3 Å². The molecule has 2 amide bonds. The summed E-state index contributed by atoms with van der Waals surface area (Å²) in [6, 6.07) is 20.6. The molecule has 0 aliphatic carbocycles. The maximum atomic E-state index is 12.9. The zero-order chi connectivity index (χ0) is 24.2. The van der Waals surface area contributed by atoms with Gasteiger partial charge in [0.1, 0.15) is 5.75 Å². The number of phenols is 1. The summed E-state index contributed by atoms with van der Waals surface area (Å²) in [6.45, 7) is 1.83. The first-order chi connectivity index (χ1) is 16.3. The Hall–Kier alpha value is -3.80. The smallest absolute Gasteiger partial charge is 0.255 e. The molecular weight excluding hydrogens is 471 g/mol. The van der Waals surface area contributed by atoms with Crippen molar-refractivity contribution in [2.45, 2.75) is 6.92 Å². The average molecular weight is 491 g/mol. The van der Waals surface area contributed by atoms with Crippen molar-refractivity contribution in [3.8, 4) is 5.75 Å². The van der Waals surface area contributed by atoms with Crippen LogP contribution < -0.4 is 10.6 Å². The van der Waals surface area contributed by atoms with Gasteiger partial charge in [-0.1, -0.05) is 53.5 Å². The van der Waals surface area contributed by atoms with E-state index in [9.17, 15) is 14.7 Å². The van der Waals surface area contributed by atoms with Crippen molar-refractivity contribution in [3.05, 3.63) is 106 Å². The number of rotatable bonds is 5. The molecular formula is C27H20Cl2N2O3. The van der Waals surface area contributed by atoms with E-state index in [4.69, 9.17) is 23.2 Å². The van der Waals surface area contributed by atoms with Crippen LogP contribution in [0.1, 0.15) is 21.5 Å². The Labute approximate surface area is 206 Å². The Morgan fingerprint density at radius 2 is 1.68 bits per heavy atom. The van der Waals surface area contributed by atoms with Crippen molar-refractivity contribution in [2.75, 3.05) is 10.6 Å². The third kappa shape index (κ3) is 5.22. The summed E-state index contributed by atoms with van der Waals surface area (Å²) in [4.78, 5) is 25.3. The van der Waals surface area contributed by atoms with Crippen LogP contribution in [0.15, 0.2) is 78.9 Å². The van der Waals surface area contributed by atoms with E-state index < -0.39 is 5.91 Å². The lowest BCUT2D eigenvalue weighted by atomic mass is 10.0. The van der Waals surface area contributed by atoms with Gasteiger partial charge in [-0.25, -0.2) is 0 Å². The summed E-state index contributed by atoms with van der Waals surface area (Å²) < 4.78 is 0. The van der Waals surface area contributed by atoms with E-state index in [2.05, 4.69) is 10.6 Å². The number of amides is 2. The molecule has 0 aliphatic heterocycles. The number of hydrogen-bond donors (Lipinski definition) is 3. The lowest BCUT2D eigenvalue weighted by Crippen LogP contribution is -2.13. The highest BCUT2D eigenvalue weighted by molar-refractivity contribution is 6.35. The van der Waals surface area contributed by atoms with Crippen LogP contribution in [0.3, 0.4) is 0 Å². The Balaban J connectivity index is 1.51. The summed E-state index contributed by atoms with van der Waals surface area (Å²) in [7, 11) is 0. The molecule has 4 aromatic rings. The normalized spacial score (nSPS) is 11.0. The molecule has 4 rings (SSSR count). The summed E-state index contributed by atoms with van der Waals surface area (Å²) in [5.74, 6) is -0.464. The van der Waals surface area contributed by atoms with E-state index >= 15 is 0 Å². The molecule has 3 N–H and O–H groups in total. The largest absolute Gasteiger partial charge is 0.508 e. The Bertz CT molecular complexity index is 1450. The second-order valence-corrected chi connectivity index (χ2v) is 8.48. The molecule has 5 nitrogen and oxygen atoms in total. The molecule has 7 heteroatoms. The fraction of sp³-hybridized carbons (Fsp3) is 0.0370. The van der Waals surface area contributed by atoms with Gasteiger partial charge >= 0.3 is 0 Å². The van der Waals surface area contributed by atoms with Gasteiger partial charge in [-0.3, -0.25) is 9.59 Å². The van der Waals surface area contributed by atoms with Gasteiger partial charge in [0.15, 0.2) is 0 Å². The summed E-state index contributed by atoms with van der Waals surface area (Å²) in [5.41, 5.74) is 2.86. The predicted molar refractivity (Wildman–Crippen MR) is 139 cm³/mol. The lowest BCUT2D eigenvalue weighted by molar-refractivity contribution is -0.111. The molecule has 0 atom stereocenters. The lowest BCUT2D eigenvalue weighted by Gasteiger charge is -2.10.